The Balaban J connectivity index is 1.93. The Morgan fingerprint density at radius 3 is 2.36 bits per heavy atom. The first-order chi connectivity index (χ1) is 10.6. The number of rotatable bonds is 8. The summed E-state index contributed by atoms with van der Waals surface area (Å²) in [5, 5.41) is 5.64. The second kappa shape index (κ2) is 7.94. The van der Waals surface area contributed by atoms with Crippen LogP contribution in [-0.4, -0.2) is 36.3 Å². The predicted octanol–water partition coefficient (Wildman–Crippen LogP) is 2.71. The van der Waals surface area contributed by atoms with Crippen molar-refractivity contribution in [2.75, 3.05) is 30.3 Å². The Bertz CT molecular complexity index is 526. The van der Waals surface area contributed by atoms with Crippen molar-refractivity contribution in [2.45, 2.75) is 33.1 Å². The molecule has 1 aliphatic rings. The molecule has 5 heteroatoms. The molecular formula is C17H25N3O2. The average Bonchev–Trinajstić information content (AvgIpc) is 3.24. The lowest BCUT2D eigenvalue weighted by Gasteiger charge is -2.21. The summed E-state index contributed by atoms with van der Waals surface area (Å²) in [7, 11) is 0. The van der Waals surface area contributed by atoms with Crippen molar-refractivity contribution < 1.29 is 9.59 Å². The SMILES string of the molecule is CCCN(CC(=O)Nc1ccccc1NC(C)=O)CC1CC1. The molecular weight excluding hydrogens is 278 g/mol. The van der Waals surface area contributed by atoms with Gasteiger partial charge in [-0.3, -0.25) is 14.5 Å². The maximum absolute atomic E-state index is 12.3. The second-order valence-corrected chi connectivity index (χ2v) is 5.95. The van der Waals surface area contributed by atoms with E-state index in [1.807, 2.05) is 12.1 Å². The highest BCUT2D eigenvalue weighted by atomic mass is 16.2. The van der Waals surface area contributed by atoms with Crippen molar-refractivity contribution in [3.8, 4) is 0 Å². The van der Waals surface area contributed by atoms with E-state index in [9.17, 15) is 9.59 Å². The van der Waals surface area contributed by atoms with Crippen LogP contribution < -0.4 is 10.6 Å². The average molecular weight is 303 g/mol. The second-order valence-electron chi connectivity index (χ2n) is 5.95. The van der Waals surface area contributed by atoms with Crippen LogP contribution in [0.4, 0.5) is 11.4 Å². The van der Waals surface area contributed by atoms with Gasteiger partial charge < -0.3 is 10.6 Å². The molecule has 0 aromatic heterocycles. The Morgan fingerprint density at radius 2 is 1.82 bits per heavy atom. The van der Waals surface area contributed by atoms with Crippen LogP contribution in [0.25, 0.3) is 0 Å². The van der Waals surface area contributed by atoms with Gasteiger partial charge >= 0.3 is 0 Å². The van der Waals surface area contributed by atoms with Crippen molar-refractivity contribution in [2.24, 2.45) is 5.92 Å². The van der Waals surface area contributed by atoms with Gasteiger partial charge in [0, 0.05) is 13.5 Å². The van der Waals surface area contributed by atoms with E-state index in [-0.39, 0.29) is 11.8 Å². The normalized spacial score (nSPS) is 14.0. The van der Waals surface area contributed by atoms with Crippen LogP contribution in [0, 0.1) is 5.92 Å². The minimum Gasteiger partial charge on any atom is -0.325 e. The Labute approximate surface area is 132 Å². The molecule has 0 atom stereocenters. The van der Waals surface area contributed by atoms with E-state index in [2.05, 4.69) is 22.5 Å². The molecule has 2 N–H and O–H groups in total. The maximum atomic E-state index is 12.3. The van der Waals surface area contributed by atoms with E-state index in [1.54, 1.807) is 12.1 Å². The Hall–Kier alpha value is -1.88. The minimum absolute atomic E-state index is 0.0353. The molecule has 0 heterocycles. The lowest BCUT2D eigenvalue weighted by Crippen LogP contribution is -2.35. The van der Waals surface area contributed by atoms with E-state index in [0.717, 1.165) is 25.4 Å². The van der Waals surface area contributed by atoms with Crippen molar-refractivity contribution in [1.82, 2.24) is 4.90 Å². The van der Waals surface area contributed by atoms with Crippen LogP contribution in [0.2, 0.25) is 0 Å². The van der Waals surface area contributed by atoms with Crippen LogP contribution in [0.5, 0.6) is 0 Å². The fourth-order valence-corrected chi connectivity index (χ4v) is 2.50. The highest BCUT2D eigenvalue weighted by Crippen LogP contribution is 2.29. The van der Waals surface area contributed by atoms with E-state index in [0.29, 0.717) is 17.9 Å². The molecule has 1 fully saturated rings. The van der Waals surface area contributed by atoms with E-state index in [1.165, 1.54) is 19.8 Å². The van der Waals surface area contributed by atoms with Gasteiger partial charge in [0.15, 0.2) is 0 Å². The van der Waals surface area contributed by atoms with Crippen molar-refractivity contribution in [3.05, 3.63) is 24.3 Å². The molecule has 2 amide bonds. The monoisotopic (exact) mass is 303 g/mol. The van der Waals surface area contributed by atoms with Crippen molar-refractivity contribution in [1.29, 1.82) is 0 Å². The summed E-state index contributed by atoms with van der Waals surface area (Å²) in [5.74, 6) is 0.584. The van der Waals surface area contributed by atoms with Crippen LogP contribution in [0.1, 0.15) is 33.1 Å². The lowest BCUT2D eigenvalue weighted by molar-refractivity contribution is -0.117. The van der Waals surface area contributed by atoms with Gasteiger partial charge in [0.1, 0.15) is 0 Å². The van der Waals surface area contributed by atoms with Gasteiger partial charge in [-0.15, -0.1) is 0 Å². The molecule has 0 bridgehead atoms. The first kappa shape index (κ1) is 16.5. The molecule has 0 radical (unpaired) electrons. The molecule has 1 saturated carbocycles. The van der Waals surface area contributed by atoms with Gasteiger partial charge in [-0.25, -0.2) is 0 Å². The fourth-order valence-electron chi connectivity index (χ4n) is 2.50. The van der Waals surface area contributed by atoms with Crippen LogP contribution >= 0.6 is 0 Å². The van der Waals surface area contributed by atoms with Gasteiger partial charge in [0.2, 0.25) is 11.8 Å². The van der Waals surface area contributed by atoms with Crippen LogP contribution in [0.15, 0.2) is 24.3 Å². The molecule has 0 aliphatic heterocycles. The van der Waals surface area contributed by atoms with Crippen molar-refractivity contribution >= 4 is 23.2 Å². The molecule has 0 unspecified atom stereocenters. The van der Waals surface area contributed by atoms with E-state index < -0.39 is 0 Å². The largest absolute Gasteiger partial charge is 0.325 e. The summed E-state index contributed by atoms with van der Waals surface area (Å²) in [4.78, 5) is 25.7. The number of para-hydroxylation sites is 2. The molecule has 2 rings (SSSR count). The summed E-state index contributed by atoms with van der Waals surface area (Å²) in [6.07, 6.45) is 3.61. The number of amides is 2. The summed E-state index contributed by atoms with van der Waals surface area (Å²) in [5.41, 5.74) is 1.28. The predicted molar refractivity (Wildman–Crippen MR) is 88.8 cm³/mol. The molecule has 0 spiro atoms. The zero-order valence-corrected chi connectivity index (χ0v) is 13.4. The van der Waals surface area contributed by atoms with Gasteiger partial charge in [0.25, 0.3) is 0 Å². The third-order valence-electron chi connectivity index (χ3n) is 3.63. The molecule has 22 heavy (non-hydrogen) atoms. The van der Waals surface area contributed by atoms with Gasteiger partial charge in [-0.2, -0.15) is 0 Å². The quantitative estimate of drug-likeness (QED) is 0.776. The number of nitrogens with zero attached hydrogens (tertiary/aromatic N) is 1. The van der Waals surface area contributed by atoms with Crippen LogP contribution in [0.3, 0.4) is 0 Å². The maximum Gasteiger partial charge on any atom is 0.238 e. The number of hydrogen-bond acceptors (Lipinski definition) is 3. The van der Waals surface area contributed by atoms with E-state index >= 15 is 0 Å². The molecule has 0 saturated heterocycles. The zero-order chi connectivity index (χ0) is 15.9. The Kier molecular flexibility index (Phi) is 5.95. The Morgan fingerprint density at radius 1 is 1.18 bits per heavy atom. The number of carbonyl (C=O) groups excluding carboxylic acids is 2. The molecule has 5 nitrogen and oxygen atoms in total. The summed E-state index contributed by atoms with van der Waals surface area (Å²) in [6.45, 7) is 5.94. The van der Waals surface area contributed by atoms with Gasteiger partial charge in [-0.1, -0.05) is 19.1 Å². The summed E-state index contributed by atoms with van der Waals surface area (Å²) >= 11 is 0. The summed E-state index contributed by atoms with van der Waals surface area (Å²) < 4.78 is 0. The van der Waals surface area contributed by atoms with Crippen molar-refractivity contribution in [3.63, 3.8) is 0 Å². The standard InChI is InChI=1S/C17H25N3O2/c1-3-10-20(11-14-8-9-14)12-17(22)19-16-7-5-4-6-15(16)18-13(2)21/h4-7,14H,3,8-12H2,1-2H3,(H,18,21)(H,19,22). The smallest absolute Gasteiger partial charge is 0.238 e. The third-order valence-corrected chi connectivity index (χ3v) is 3.63. The molecule has 1 aliphatic carbocycles. The lowest BCUT2D eigenvalue weighted by atomic mass is 10.2. The fraction of sp³-hybridized carbons (Fsp3) is 0.529. The number of nitrogens with one attached hydrogen (secondary N) is 2. The summed E-state index contributed by atoms with van der Waals surface area (Å²) in [6, 6.07) is 7.26. The van der Waals surface area contributed by atoms with Crippen LogP contribution in [-0.2, 0) is 9.59 Å². The number of anilines is 2. The molecule has 1 aromatic carbocycles. The first-order valence-corrected chi connectivity index (χ1v) is 7.97. The topological polar surface area (TPSA) is 61.4 Å². The first-order valence-electron chi connectivity index (χ1n) is 7.97. The van der Waals surface area contributed by atoms with Gasteiger partial charge in [0.05, 0.1) is 17.9 Å². The zero-order valence-electron chi connectivity index (χ0n) is 13.4. The number of benzene rings is 1. The van der Waals surface area contributed by atoms with Gasteiger partial charge in [-0.05, 0) is 43.9 Å². The minimum atomic E-state index is -0.150. The highest BCUT2D eigenvalue weighted by Gasteiger charge is 2.25. The van der Waals surface area contributed by atoms with E-state index in [4.69, 9.17) is 0 Å². The number of hydrogen-bond donors (Lipinski definition) is 2. The third kappa shape index (κ3) is 5.48. The number of carbonyl (C=O) groups is 2. The molecule has 120 valence electrons. The molecule has 1 aromatic rings. The highest BCUT2D eigenvalue weighted by molar-refractivity contribution is 5.99.